The SMILES string of the molecule is CCCCCCCC/C=C\CCCCCCCC(=O)O[C@@H]1C=CCO[C@@H]1COP(=O)(O)OC[C@H](N)C(=O)O. The number of rotatable bonds is 23. The van der Waals surface area contributed by atoms with E-state index in [-0.39, 0.29) is 25.6 Å². The fourth-order valence-electron chi connectivity index (χ4n) is 3.85. The van der Waals surface area contributed by atoms with Gasteiger partial charge < -0.3 is 25.2 Å². The summed E-state index contributed by atoms with van der Waals surface area (Å²) in [6, 6.07) is -1.46. The van der Waals surface area contributed by atoms with Gasteiger partial charge in [-0.2, -0.15) is 0 Å². The maximum atomic E-state index is 12.3. The highest BCUT2D eigenvalue weighted by molar-refractivity contribution is 7.47. The van der Waals surface area contributed by atoms with Crippen LogP contribution in [0, 0.1) is 0 Å². The van der Waals surface area contributed by atoms with Crippen LogP contribution in [0.1, 0.15) is 96.8 Å². The van der Waals surface area contributed by atoms with Crippen molar-refractivity contribution < 1.29 is 42.7 Å². The molecule has 0 amide bonds. The summed E-state index contributed by atoms with van der Waals surface area (Å²) < 4.78 is 32.4. The zero-order valence-electron chi connectivity index (χ0n) is 22.8. The molecule has 1 unspecified atom stereocenters. The molecule has 0 aromatic rings. The third kappa shape index (κ3) is 17.9. The van der Waals surface area contributed by atoms with Crippen molar-refractivity contribution in [2.45, 2.75) is 115 Å². The minimum atomic E-state index is -4.55. The molecular formula is C27H48NO9P. The molecule has 11 heteroatoms. The number of aliphatic carboxylic acids is 1. The van der Waals surface area contributed by atoms with Gasteiger partial charge in [0.15, 0.2) is 0 Å². The first-order valence-corrected chi connectivity index (χ1v) is 15.5. The second-order valence-electron chi connectivity index (χ2n) is 9.59. The Balaban J connectivity index is 2.14. The molecule has 0 aliphatic carbocycles. The van der Waals surface area contributed by atoms with Gasteiger partial charge in [0.05, 0.1) is 19.8 Å². The number of phosphoric ester groups is 1. The van der Waals surface area contributed by atoms with Crippen LogP contribution >= 0.6 is 7.82 Å². The second kappa shape index (κ2) is 21.3. The van der Waals surface area contributed by atoms with Gasteiger partial charge in [-0.15, -0.1) is 0 Å². The third-order valence-corrected chi connectivity index (χ3v) is 7.10. The van der Waals surface area contributed by atoms with Crippen molar-refractivity contribution in [3.8, 4) is 0 Å². The molecule has 220 valence electrons. The van der Waals surface area contributed by atoms with Gasteiger partial charge in [-0.05, 0) is 38.2 Å². The van der Waals surface area contributed by atoms with Gasteiger partial charge in [0.2, 0.25) is 0 Å². The Bertz CT molecular complexity index is 759. The summed E-state index contributed by atoms with van der Waals surface area (Å²) in [4.78, 5) is 32.7. The average molecular weight is 562 g/mol. The monoisotopic (exact) mass is 561 g/mol. The topological polar surface area (TPSA) is 155 Å². The van der Waals surface area contributed by atoms with Gasteiger partial charge in [-0.1, -0.05) is 76.5 Å². The van der Waals surface area contributed by atoms with Gasteiger partial charge >= 0.3 is 19.8 Å². The molecule has 0 saturated carbocycles. The van der Waals surface area contributed by atoms with Crippen LogP contribution in [0.5, 0.6) is 0 Å². The largest absolute Gasteiger partial charge is 0.480 e. The van der Waals surface area contributed by atoms with Crippen molar-refractivity contribution in [2.24, 2.45) is 5.73 Å². The standard InChI is InChI=1S/C27H48NO9P/c1-2-3-4-5-6-7-8-9-10-11-12-13-14-15-16-19-26(29)37-24-18-17-20-34-25(24)22-36-38(32,33)35-21-23(28)27(30)31/h9-10,17-18,23-25H,2-8,11-16,19-22,28H2,1H3,(H,30,31)(H,32,33)/b10-9-/t23-,24+,25+/m0/s1. The molecule has 1 aliphatic heterocycles. The molecule has 1 aliphatic rings. The van der Waals surface area contributed by atoms with E-state index in [0.717, 1.165) is 38.5 Å². The van der Waals surface area contributed by atoms with Crippen LogP contribution in [-0.4, -0.2) is 60.0 Å². The number of carboxylic acid groups (broad SMARTS) is 1. The van der Waals surface area contributed by atoms with Crippen molar-refractivity contribution in [1.29, 1.82) is 0 Å². The normalized spacial score (nSPS) is 19.9. The molecule has 1 heterocycles. The number of carbonyl (C=O) groups is 2. The third-order valence-electron chi connectivity index (χ3n) is 6.15. The van der Waals surface area contributed by atoms with E-state index in [0.29, 0.717) is 0 Å². The number of nitrogens with two attached hydrogens (primary N) is 1. The van der Waals surface area contributed by atoms with Crippen LogP contribution in [0.2, 0.25) is 0 Å². The summed E-state index contributed by atoms with van der Waals surface area (Å²) in [5.41, 5.74) is 5.25. The highest BCUT2D eigenvalue weighted by Crippen LogP contribution is 2.43. The number of unbranched alkanes of at least 4 members (excludes halogenated alkanes) is 11. The molecule has 0 spiro atoms. The summed E-state index contributed by atoms with van der Waals surface area (Å²) in [6.45, 7) is 1.40. The molecule has 10 nitrogen and oxygen atoms in total. The Morgan fingerprint density at radius 3 is 2.26 bits per heavy atom. The van der Waals surface area contributed by atoms with E-state index in [1.54, 1.807) is 12.2 Å². The summed E-state index contributed by atoms with van der Waals surface area (Å²) in [5, 5.41) is 8.72. The number of carbonyl (C=O) groups excluding carboxylic acids is 1. The van der Waals surface area contributed by atoms with E-state index in [4.69, 9.17) is 24.8 Å². The number of carboxylic acids is 1. The summed E-state index contributed by atoms with van der Waals surface area (Å²) in [7, 11) is -4.55. The molecule has 0 aromatic carbocycles. The molecule has 0 radical (unpaired) electrons. The van der Waals surface area contributed by atoms with Crippen molar-refractivity contribution in [2.75, 3.05) is 19.8 Å². The fraction of sp³-hybridized carbons (Fsp3) is 0.778. The van der Waals surface area contributed by atoms with Crippen LogP contribution < -0.4 is 5.73 Å². The highest BCUT2D eigenvalue weighted by atomic mass is 31.2. The van der Waals surface area contributed by atoms with E-state index in [9.17, 15) is 19.0 Å². The van der Waals surface area contributed by atoms with E-state index in [2.05, 4.69) is 23.6 Å². The minimum absolute atomic E-state index is 0.233. The van der Waals surface area contributed by atoms with Gasteiger partial charge in [0.1, 0.15) is 18.2 Å². The Kier molecular flexibility index (Phi) is 19.3. The quantitative estimate of drug-likeness (QED) is 0.0636. The molecule has 0 aromatic heterocycles. The second-order valence-corrected chi connectivity index (χ2v) is 11.0. The molecule has 4 N–H and O–H groups in total. The van der Waals surface area contributed by atoms with E-state index in [1.807, 2.05) is 0 Å². The smallest absolute Gasteiger partial charge is 0.472 e. The predicted octanol–water partition coefficient (Wildman–Crippen LogP) is 5.44. The van der Waals surface area contributed by atoms with Crippen LogP contribution in [0.3, 0.4) is 0 Å². The molecule has 0 bridgehead atoms. The molecule has 1 rings (SSSR count). The predicted molar refractivity (Wildman–Crippen MR) is 146 cm³/mol. The number of allylic oxidation sites excluding steroid dienone is 2. The molecule has 38 heavy (non-hydrogen) atoms. The van der Waals surface area contributed by atoms with E-state index < -0.39 is 38.6 Å². The van der Waals surface area contributed by atoms with Gasteiger partial charge in [0.25, 0.3) is 0 Å². The summed E-state index contributed by atoms with van der Waals surface area (Å²) in [5.74, 6) is -1.74. The van der Waals surface area contributed by atoms with E-state index >= 15 is 0 Å². The highest BCUT2D eigenvalue weighted by Gasteiger charge is 2.31. The number of hydrogen-bond acceptors (Lipinski definition) is 8. The number of hydrogen-bond donors (Lipinski definition) is 3. The summed E-state index contributed by atoms with van der Waals surface area (Å²) >= 11 is 0. The van der Waals surface area contributed by atoms with Crippen LogP contribution in [0.25, 0.3) is 0 Å². The van der Waals surface area contributed by atoms with Gasteiger partial charge in [0, 0.05) is 6.42 Å². The fourth-order valence-corrected chi connectivity index (χ4v) is 4.61. The Morgan fingerprint density at radius 2 is 1.63 bits per heavy atom. The Hall–Kier alpha value is -1.55. The van der Waals surface area contributed by atoms with E-state index in [1.165, 1.54) is 44.9 Å². The first-order chi connectivity index (χ1) is 18.2. The molecule has 0 saturated heterocycles. The van der Waals surface area contributed by atoms with Gasteiger partial charge in [-0.3, -0.25) is 18.6 Å². The zero-order chi connectivity index (χ0) is 28.1. The minimum Gasteiger partial charge on any atom is -0.480 e. The van der Waals surface area contributed by atoms with Crippen molar-refractivity contribution in [3.63, 3.8) is 0 Å². The maximum Gasteiger partial charge on any atom is 0.472 e. The van der Waals surface area contributed by atoms with Crippen LogP contribution in [-0.2, 0) is 32.7 Å². The number of phosphoric acid groups is 1. The van der Waals surface area contributed by atoms with Crippen molar-refractivity contribution in [3.05, 3.63) is 24.3 Å². The lowest BCUT2D eigenvalue weighted by atomic mass is 10.1. The maximum absolute atomic E-state index is 12.3. The molecule has 4 atom stereocenters. The number of ether oxygens (including phenoxy) is 2. The lowest BCUT2D eigenvalue weighted by Gasteiger charge is -2.28. The van der Waals surface area contributed by atoms with Crippen LogP contribution in [0.15, 0.2) is 24.3 Å². The first kappa shape index (κ1) is 34.5. The van der Waals surface area contributed by atoms with Gasteiger partial charge in [-0.25, -0.2) is 4.57 Å². The zero-order valence-corrected chi connectivity index (χ0v) is 23.7. The molecule has 0 fully saturated rings. The lowest BCUT2D eigenvalue weighted by Crippen LogP contribution is -2.38. The summed E-state index contributed by atoms with van der Waals surface area (Å²) in [6.07, 6.45) is 21.9. The van der Waals surface area contributed by atoms with Crippen molar-refractivity contribution in [1.82, 2.24) is 0 Å². The Morgan fingerprint density at radius 1 is 1.03 bits per heavy atom. The number of esters is 1. The van der Waals surface area contributed by atoms with Crippen molar-refractivity contribution >= 4 is 19.8 Å². The first-order valence-electron chi connectivity index (χ1n) is 14.0. The average Bonchev–Trinajstić information content (AvgIpc) is 2.89. The Labute approximate surface area is 227 Å². The molecular weight excluding hydrogens is 513 g/mol. The lowest BCUT2D eigenvalue weighted by molar-refractivity contribution is -0.155. The van der Waals surface area contributed by atoms with Crippen LogP contribution in [0.4, 0.5) is 0 Å².